The van der Waals surface area contributed by atoms with Gasteiger partial charge in [-0.1, -0.05) is 13.0 Å². The van der Waals surface area contributed by atoms with E-state index in [4.69, 9.17) is 9.47 Å². The van der Waals surface area contributed by atoms with Crippen LogP contribution in [0.4, 0.5) is 24.1 Å². The molecule has 1 fully saturated rings. The fourth-order valence-electron chi connectivity index (χ4n) is 4.87. The number of hydrogen-bond acceptors (Lipinski definition) is 9. The van der Waals surface area contributed by atoms with Crippen molar-refractivity contribution in [2.75, 3.05) is 24.6 Å². The molecule has 0 spiro atoms. The van der Waals surface area contributed by atoms with Crippen molar-refractivity contribution in [3.8, 4) is 5.69 Å². The number of aliphatic hydroxyl groups is 1. The van der Waals surface area contributed by atoms with E-state index >= 15 is 4.39 Å². The molecule has 2 atom stereocenters. The Labute approximate surface area is 244 Å². The SMILES string of the molecule is CCCOC(=O)OC[n+]1cnn(C[C@](O)(c2ccc(F)cc2F)[C@@H](C)N2CCN(c3ccc(-n4cnnn4)cc3)C2=O)c1. The number of carbonyl (C=O) groups excluding carboxylic acids is 2. The Balaban J connectivity index is 1.36. The average Bonchev–Trinajstić information content (AvgIpc) is 3.76. The Bertz CT molecular complexity index is 1570. The molecule has 1 N–H and O–H groups in total. The molecule has 1 aliphatic rings. The van der Waals surface area contributed by atoms with Crippen LogP contribution in [0.25, 0.3) is 5.69 Å². The molecule has 1 saturated heterocycles. The van der Waals surface area contributed by atoms with E-state index in [9.17, 15) is 19.1 Å². The Kier molecular flexibility index (Phi) is 8.56. The second kappa shape index (κ2) is 12.5. The first-order valence-corrected chi connectivity index (χ1v) is 13.5. The fraction of sp³-hybridized carbons (Fsp3) is 0.370. The van der Waals surface area contributed by atoms with Crippen LogP contribution >= 0.6 is 0 Å². The zero-order valence-electron chi connectivity index (χ0n) is 23.5. The van der Waals surface area contributed by atoms with E-state index in [1.807, 2.05) is 6.92 Å². The molecule has 0 radical (unpaired) electrons. The van der Waals surface area contributed by atoms with Gasteiger partial charge in [-0.15, -0.1) is 9.78 Å². The third-order valence-corrected chi connectivity index (χ3v) is 7.16. The average molecular weight is 599 g/mol. The molecular formula is C27H30F2N9O5+. The van der Waals surface area contributed by atoms with Crippen molar-refractivity contribution >= 4 is 17.9 Å². The molecular weight excluding hydrogens is 568 g/mol. The van der Waals surface area contributed by atoms with E-state index in [0.29, 0.717) is 30.4 Å². The van der Waals surface area contributed by atoms with Gasteiger partial charge in [-0.2, -0.15) is 0 Å². The minimum atomic E-state index is -2.04. The Hall–Kier alpha value is -4.99. The summed E-state index contributed by atoms with van der Waals surface area (Å²) in [5, 5.41) is 27.4. The molecule has 2 aromatic carbocycles. The van der Waals surface area contributed by atoms with Crippen molar-refractivity contribution in [1.29, 1.82) is 0 Å². The number of anilines is 1. The van der Waals surface area contributed by atoms with Crippen molar-refractivity contribution in [2.45, 2.75) is 45.2 Å². The predicted octanol–water partition coefficient (Wildman–Crippen LogP) is 2.16. The first-order chi connectivity index (χ1) is 20.7. The largest absolute Gasteiger partial charge is 0.511 e. The van der Waals surface area contributed by atoms with E-state index in [1.54, 1.807) is 31.2 Å². The van der Waals surface area contributed by atoms with Crippen LogP contribution in [0.3, 0.4) is 0 Å². The van der Waals surface area contributed by atoms with Crippen LogP contribution in [0.15, 0.2) is 61.4 Å². The predicted molar refractivity (Wildman–Crippen MR) is 143 cm³/mol. The second-order valence-corrected chi connectivity index (χ2v) is 9.95. The number of amides is 2. The molecule has 4 aromatic rings. The number of aromatic nitrogens is 7. The maximum Gasteiger partial charge on any atom is 0.511 e. The minimum Gasteiger partial charge on any atom is -0.434 e. The molecule has 1 aliphatic heterocycles. The van der Waals surface area contributed by atoms with Gasteiger partial charge in [-0.3, -0.25) is 4.90 Å². The highest BCUT2D eigenvalue weighted by Gasteiger charge is 2.47. The van der Waals surface area contributed by atoms with E-state index in [0.717, 1.165) is 12.1 Å². The summed E-state index contributed by atoms with van der Waals surface area (Å²) in [4.78, 5) is 28.3. The summed E-state index contributed by atoms with van der Waals surface area (Å²) in [6.07, 6.45) is 4.03. The van der Waals surface area contributed by atoms with Gasteiger partial charge in [-0.25, -0.2) is 27.6 Å². The maximum atomic E-state index is 15.2. The number of halogens is 2. The lowest BCUT2D eigenvalue weighted by atomic mass is 9.85. The number of rotatable bonds is 11. The number of hydrogen-bond donors (Lipinski definition) is 1. The molecule has 0 unspecified atom stereocenters. The van der Waals surface area contributed by atoms with Crippen LogP contribution in [0, 0.1) is 11.6 Å². The van der Waals surface area contributed by atoms with Gasteiger partial charge in [0.15, 0.2) is 0 Å². The van der Waals surface area contributed by atoms with Crippen LogP contribution in [-0.2, 0) is 28.4 Å². The van der Waals surface area contributed by atoms with Crippen molar-refractivity contribution in [3.63, 3.8) is 0 Å². The van der Waals surface area contributed by atoms with Crippen LogP contribution < -0.4 is 9.47 Å². The smallest absolute Gasteiger partial charge is 0.434 e. The van der Waals surface area contributed by atoms with Gasteiger partial charge in [0.2, 0.25) is 13.1 Å². The number of benzene rings is 2. The van der Waals surface area contributed by atoms with E-state index in [2.05, 4.69) is 20.6 Å². The summed E-state index contributed by atoms with van der Waals surface area (Å²) >= 11 is 0. The monoisotopic (exact) mass is 598 g/mol. The molecule has 0 aliphatic carbocycles. The zero-order valence-corrected chi connectivity index (χ0v) is 23.5. The molecule has 14 nitrogen and oxygen atoms in total. The lowest BCUT2D eigenvalue weighted by Crippen LogP contribution is -2.53. The molecule has 43 heavy (non-hydrogen) atoms. The summed E-state index contributed by atoms with van der Waals surface area (Å²) in [6, 6.07) is 8.50. The van der Waals surface area contributed by atoms with Gasteiger partial charge < -0.3 is 19.5 Å². The number of nitrogens with zero attached hydrogens (tertiary/aromatic N) is 9. The number of tetrazole rings is 1. The van der Waals surface area contributed by atoms with Crippen LogP contribution in [0.2, 0.25) is 0 Å². The number of ether oxygens (including phenoxy) is 2. The molecule has 2 aromatic heterocycles. The topological polar surface area (TPSA) is 145 Å². The molecule has 2 amide bonds. The highest BCUT2D eigenvalue weighted by molar-refractivity contribution is 5.94. The number of urea groups is 1. The first kappa shape index (κ1) is 29.5. The van der Waals surface area contributed by atoms with Gasteiger partial charge >= 0.3 is 12.2 Å². The summed E-state index contributed by atoms with van der Waals surface area (Å²) < 4.78 is 43.1. The summed E-state index contributed by atoms with van der Waals surface area (Å²) in [6.45, 7) is 3.67. The van der Waals surface area contributed by atoms with Crippen molar-refractivity contribution < 1.29 is 37.5 Å². The third kappa shape index (κ3) is 6.28. The molecule has 16 heteroatoms. The van der Waals surface area contributed by atoms with E-state index in [1.165, 1.54) is 42.7 Å². The lowest BCUT2D eigenvalue weighted by Gasteiger charge is -2.38. The fourth-order valence-corrected chi connectivity index (χ4v) is 4.87. The molecule has 226 valence electrons. The molecule has 5 rings (SSSR count). The van der Waals surface area contributed by atoms with Gasteiger partial charge in [-0.05, 0) is 54.1 Å². The quantitative estimate of drug-likeness (QED) is 0.203. The van der Waals surface area contributed by atoms with Crippen molar-refractivity contribution in [1.82, 2.24) is 34.9 Å². The van der Waals surface area contributed by atoms with Crippen LogP contribution in [-0.4, -0.2) is 77.9 Å². The van der Waals surface area contributed by atoms with E-state index < -0.39 is 35.5 Å². The Morgan fingerprint density at radius 1 is 1.14 bits per heavy atom. The summed E-state index contributed by atoms with van der Waals surface area (Å²) in [7, 11) is 0. The summed E-state index contributed by atoms with van der Waals surface area (Å²) in [5.74, 6) is -1.79. The molecule has 0 bridgehead atoms. The lowest BCUT2D eigenvalue weighted by molar-refractivity contribution is -0.728. The second-order valence-electron chi connectivity index (χ2n) is 9.95. The van der Waals surface area contributed by atoms with Gasteiger partial charge in [0, 0.05) is 35.5 Å². The van der Waals surface area contributed by atoms with Crippen LogP contribution in [0.5, 0.6) is 0 Å². The standard InChI is InChI=1S/C27H30F2N9O5/c1-3-12-42-26(40)43-18-34-16-31-35(17-34)14-27(41,23-9-4-20(28)13-24(23)29)19(2)36-10-11-37(25(36)39)21-5-7-22(8-6-21)38-15-30-32-33-38/h4-9,13,15-17,19,41H,3,10-12,14,18H2,1-2H3/q+1/t19-,27-/m1/s1. The molecule has 3 heterocycles. The molecule has 0 saturated carbocycles. The Morgan fingerprint density at radius 3 is 2.60 bits per heavy atom. The first-order valence-electron chi connectivity index (χ1n) is 13.5. The summed E-state index contributed by atoms with van der Waals surface area (Å²) in [5.41, 5.74) is -0.942. The number of carbonyl (C=O) groups is 2. The van der Waals surface area contributed by atoms with Crippen molar-refractivity contribution in [2.24, 2.45) is 0 Å². The van der Waals surface area contributed by atoms with Gasteiger partial charge in [0.1, 0.15) is 30.1 Å². The maximum absolute atomic E-state index is 15.2. The minimum absolute atomic E-state index is 0.208. The zero-order chi connectivity index (χ0) is 30.6. The van der Waals surface area contributed by atoms with Gasteiger partial charge in [0.25, 0.3) is 6.33 Å². The third-order valence-electron chi connectivity index (χ3n) is 7.16. The van der Waals surface area contributed by atoms with Gasteiger partial charge in [0.05, 0.1) is 18.3 Å². The van der Waals surface area contributed by atoms with E-state index in [-0.39, 0.29) is 32.0 Å². The van der Waals surface area contributed by atoms with Crippen LogP contribution in [0.1, 0.15) is 25.8 Å². The highest BCUT2D eigenvalue weighted by atomic mass is 19.1. The normalized spacial score (nSPS) is 15.4. The Morgan fingerprint density at radius 2 is 1.91 bits per heavy atom. The van der Waals surface area contributed by atoms with Crippen molar-refractivity contribution in [3.05, 3.63) is 78.6 Å². The highest BCUT2D eigenvalue weighted by Crippen LogP contribution is 2.35.